The fourth-order valence-electron chi connectivity index (χ4n) is 1.92. The van der Waals surface area contributed by atoms with Gasteiger partial charge >= 0.3 is 0 Å². The lowest BCUT2D eigenvalue weighted by Gasteiger charge is -2.19. The zero-order valence-corrected chi connectivity index (χ0v) is 11.9. The van der Waals surface area contributed by atoms with Gasteiger partial charge in [0.05, 0.1) is 18.5 Å². The molecule has 0 radical (unpaired) electrons. The van der Waals surface area contributed by atoms with Gasteiger partial charge in [-0.2, -0.15) is 0 Å². The highest BCUT2D eigenvalue weighted by atomic mass is 32.2. The molecule has 0 fully saturated rings. The number of nitrogens with two attached hydrogens (primary N) is 1. The van der Waals surface area contributed by atoms with Gasteiger partial charge in [-0.15, -0.1) is 0 Å². The lowest BCUT2D eigenvalue weighted by atomic mass is 10.0. The quantitative estimate of drug-likeness (QED) is 0.905. The van der Waals surface area contributed by atoms with Crippen LogP contribution in [0.4, 0.5) is 0 Å². The van der Waals surface area contributed by atoms with Crippen molar-refractivity contribution in [3.05, 3.63) is 23.8 Å². The van der Waals surface area contributed by atoms with E-state index in [4.69, 9.17) is 15.2 Å². The van der Waals surface area contributed by atoms with Crippen molar-refractivity contribution in [2.45, 2.75) is 24.6 Å². The van der Waals surface area contributed by atoms with Gasteiger partial charge in [-0.05, 0) is 24.6 Å². The molecule has 0 bridgehead atoms. The molecule has 0 aliphatic carbocycles. The Balaban J connectivity index is 2.29. The zero-order valence-electron chi connectivity index (χ0n) is 11.1. The van der Waals surface area contributed by atoms with Crippen LogP contribution in [0.2, 0.25) is 0 Å². The van der Waals surface area contributed by atoms with E-state index in [9.17, 15) is 8.42 Å². The summed E-state index contributed by atoms with van der Waals surface area (Å²) in [6.07, 6.45) is 2.02. The largest absolute Gasteiger partial charge is 0.490 e. The Labute approximate surface area is 113 Å². The predicted octanol–water partition coefficient (Wildman–Crippen LogP) is 1.28. The summed E-state index contributed by atoms with van der Waals surface area (Å²) in [5.74, 6) is 1.31. The van der Waals surface area contributed by atoms with Gasteiger partial charge in [0, 0.05) is 18.7 Å². The molecule has 1 aliphatic rings. The van der Waals surface area contributed by atoms with Crippen molar-refractivity contribution < 1.29 is 17.9 Å². The fourth-order valence-corrected chi connectivity index (χ4v) is 2.61. The molecule has 1 aromatic carbocycles. The second kappa shape index (κ2) is 5.38. The number of rotatable bonds is 3. The number of hydrogen-bond acceptors (Lipinski definition) is 5. The number of sulfone groups is 1. The molecule has 6 heteroatoms. The van der Waals surface area contributed by atoms with Gasteiger partial charge in [-0.1, -0.05) is 6.07 Å². The summed E-state index contributed by atoms with van der Waals surface area (Å²) < 4.78 is 34.2. The Morgan fingerprint density at radius 2 is 1.84 bits per heavy atom. The fraction of sp³-hybridized carbons (Fsp3) is 0.538. The Hall–Kier alpha value is -1.27. The van der Waals surface area contributed by atoms with E-state index in [1.54, 1.807) is 25.1 Å². The maximum atomic E-state index is 11.6. The third-order valence-electron chi connectivity index (χ3n) is 3.34. The summed E-state index contributed by atoms with van der Waals surface area (Å²) in [7, 11) is -3.18. The third-order valence-corrected chi connectivity index (χ3v) is 4.98. The molecule has 19 heavy (non-hydrogen) atoms. The molecule has 2 rings (SSSR count). The van der Waals surface area contributed by atoms with Gasteiger partial charge in [0.25, 0.3) is 0 Å². The van der Waals surface area contributed by atoms with Crippen LogP contribution in [-0.4, -0.2) is 33.1 Å². The van der Waals surface area contributed by atoms with Gasteiger partial charge in [-0.3, -0.25) is 0 Å². The van der Waals surface area contributed by atoms with Crippen molar-refractivity contribution in [1.29, 1.82) is 0 Å². The van der Waals surface area contributed by atoms with Gasteiger partial charge < -0.3 is 15.2 Å². The van der Waals surface area contributed by atoms with Crippen LogP contribution in [0.5, 0.6) is 11.5 Å². The molecular weight excluding hydrogens is 266 g/mol. The molecule has 1 aliphatic heterocycles. The summed E-state index contributed by atoms with van der Waals surface area (Å²) in [6, 6.07) is 4.77. The first-order chi connectivity index (χ1) is 8.89. The molecule has 2 atom stereocenters. The monoisotopic (exact) mass is 285 g/mol. The predicted molar refractivity (Wildman–Crippen MR) is 73.3 cm³/mol. The third kappa shape index (κ3) is 3.19. The van der Waals surface area contributed by atoms with E-state index < -0.39 is 21.1 Å². The molecule has 5 nitrogen and oxygen atoms in total. The minimum absolute atomic E-state index is 0.577. The van der Waals surface area contributed by atoms with E-state index in [-0.39, 0.29) is 0 Å². The van der Waals surface area contributed by atoms with E-state index in [2.05, 4.69) is 0 Å². The average Bonchev–Trinajstić information content (AvgIpc) is 2.60. The summed E-state index contributed by atoms with van der Waals surface area (Å²) in [4.78, 5) is 0. The second-order valence-electron chi connectivity index (χ2n) is 4.82. The Kier molecular flexibility index (Phi) is 4.01. The minimum atomic E-state index is -3.18. The molecule has 0 amide bonds. The van der Waals surface area contributed by atoms with E-state index in [1.165, 1.54) is 6.26 Å². The molecule has 2 unspecified atom stereocenters. The van der Waals surface area contributed by atoms with Gasteiger partial charge in [0.15, 0.2) is 21.3 Å². The second-order valence-corrected chi connectivity index (χ2v) is 7.22. The topological polar surface area (TPSA) is 78.6 Å². The Morgan fingerprint density at radius 1 is 1.21 bits per heavy atom. The van der Waals surface area contributed by atoms with Crippen LogP contribution in [-0.2, 0) is 9.84 Å². The van der Waals surface area contributed by atoms with Gasteiger partial charge in [-0.25, -0.2) is 8.42 Å². The molecule has 0 saturated heterocycles. The Morgan fingerprint density at radius 3 is 2.47 bits per heavy atom. The highest BCUT2D eigenvalue weighted by molar-refractivity contribution is 7.91. The van der Waals surface area contributed by atoms with E-state index in [0.29, 0.717) is 24.7 Å². The van der Waals surface area contributed by atoms with Crippen LogP contribution in [0, 0.1) is 0 Å². The van der Waals surface area contributed by atoms with Gasteiger partial charge in [0.1, 0.15) is 0 Å². The highest BCUT2D eigenvalue weighted by Gasteiger charge is 2.25. The van der Waals surface area contributed by atoms with Crippen molar-refractivity contribution in [1.82, 2.24) is 0 Å². The summed E-state index contributed by atoms with van der Waals surface area (Å²) >= 11 is 0. The molecule has 106 valence electrons. The van der Waals surface area contributed by atoms with E-state index in [0.717, 1.165) is 12.0 Å². The normalized spacial score (nSPS) is 18.5. The molecule has 0 aromatic heterocycles. The van der Waals surface area contributed by atoms with Crippen molar-refractivity contribution in [2.24, 2.45) is 5.73 Å². The maximum absolute atomic E-state index is 11.6. The number of fused-ring (bicyclic) bond motifs is 1. The van der Waals surface area contributed by atoms with Crippen molar-refractivity contribution >= 4 is 9.84 Å². The summed E-state index contributed by atoms with van der Waals surface area (Å²) in [5, 5.41) is -0.641. The molecule has 1 aromatic rings. The molecule has 0 saturated carbocycles. The molecule has 2 N–H and O–H groups in total. The smallest absolute Gasteiger partial charge is 0.161 e. The lowest BCUT2D eigenvalue weighted by molar-refractivity contribution is 0.297. The summed E-state index contributed by atoms with van der Waals surface area (Å²) in [6.45, 7) is 2.83. The first-order valence-electron chi connectivity index (χ1n) is 6.23. The van der Waals surface area contributed by atoms with E-state index in [1.807, 2.05) is 0 Å². The Bertz CT molecular complexity index is 556. The molecule has 0 spiro atoms. The van der Waals surface area contributed by atoms with Gasteiger partial charge in [0.2, 0.25) is 0 Å². The zero-order chi connectivity index (χ0) is 14.0. The minimum Gasteiger partial charge on any atom is -0.490 e. The maximum Gasteiger partial charge on any atom is 0.161 e. The van der Waals surface area contributed by atoms with Crippen molar-refractivity contribution in [3.63, 3.8) is 0 Å². The van der Waals surface area contributed by atoms with Crippen LogP contribution >= 0.6 is 0 Å². The first kappa shape index (κ1) is 14.1. The van der Waals surface area contributed by atoms with Crippen molar-refractivity contribution in [3.8, 4) is 11.5 Å². The lowest BCUT2D eigenvalue weighted by Crippen LogP contribution is -2.30. The summed E-state index contributed by atoms with van der Waals surface area (Å²) in [5.41, 5.74) is 6.76. The number of hydrogen-bond donors (Lipinski definition) is 1. The van der Waals surface area contributed by atoms with Crippen LogP contribution in [0.3, 0.4) is 0 Å². The highest BCUT2D eigenvalue weighted by Crippen LogP contribution is 2.33. The standard InChI is InChI=1S/C13H19NO4S/c1-9(19(2,15)16)13(14)10-4-5-11-12(8-10)18-7-3-6-17-11/h4-5,8-9,13H,3,6-7,14H2,1-2H3. The number of ether oxygens (including phenoxy) is 2. The van der Waals surface area contributed by atoms with Crippen LogP contribution in [0.1, 0.15) is 24.9 Å². The van der Waals surface area contributed by atoms with Crippen LogP contribution in [0.25, 0.3) is 0 Å². The van der Waals surface area contributed by atoms with Crippen LogP contribution in [0.15, 0.2) is 18.2 Å². The van der Waals surface area contributed by atoms with Crippen LogP contribution < -0.4 is 15.2 Å². The first-order valence-corrected chi connectivity index (χ1v) is 8.19. The molecular formula is C13H19NO4S. The molecule has 1 heterocycles. The average molecular weight is 285 g/mol. The number of benzene rings is 1. The van der Waals surface area contributed by atoms with Crippen molar-refractivity contribution in [2.75, 3.05) is 19.5 Å². The van der Waals surface area contributed by atoms with E-state index >= 15 is 0 Å². The SMILES string of the molecule is CC(C(N)c1ccc2c(c1)OCCCO2)S(C)(=O)=O.